The monoisotopic (exact) mass is 295 g/mol. The van der Waals surface area contributed by atoms with E-state index in [1.54, 1.807) is 23.0 Å². The standard InChI is InChI=1S/C12H11BrFN3/c1-2-5-17-7-16-11(12(17)15)9-6-8(14)3-4-10(9)13/h2-4,6-7H,1,5,15H2. The highest BCUT2D eigenvalue weighted by molar-refractivity contribution is 9.10. The van der Waals surface area contributed by atoms with Crippen LogP contribution in [0.2, 0.25) is 0 Å². The smallest absolute Gasteiger partial charge is 0.131 e. The maximum absolute atomic E-state index is 13.2. The molecule has 0 aliphatic rings. The summed E-state index contributed by atoms with van der Waals surface area (Å²) in [6, 6.07) is 4.42. The van der Waals surface area contributed by atoms with Gasteiger partial charge in [0.05, 0.1) is 6.33 Å². The number of aromatic nitrogens is 2. The Hall–Kier alpha value is -1.62. The summed E-state index contributed by atoms with van der Waals surface area (Å²) < 4.78 is 15.7. The van der Waals surface area contributed by atoms with Gasteiger partial charge in [-0.2, -0.15) is 0 Å². The van der Waals surface area contributed by atoms with Gasteiger partial charge in [0.25, 0.3) is 0 Å². The zero-order valence-electron chi connectivity index (χ0n) is 9.03. The molecule has 0 aliphatic heterocycles. The van der Waals surface area contributed by atoms with Gasteiger partial charge in [0.2, 0.25) is 0 Å². The molecule has 2 rings (SSSR count). The van der Waals surface area contributed by atoms with Crippen molar-refractivity contribution in [3.05, 3.63) is 47.5 Å². The number of allylic oxidation sites excluding steroid dienone is 1. The van der Waals surface area contributed by atoms with Gasteiger partial charge in [0, 0.05) is 16.6 Å². The van der Waals surface area contributed by atoms with Crippen molar-refractivity contribution in [1.82, 2.24) is 9.55 Å². The lowest BCUT2D eigenvalue weighted by Gasteiger charge is -2.04. The van der Waals surface area contributed by atoms with Crippen molar-refractivity contribution in [2.45, 2.75) is 6.54 Å². The van der Waals surface area contributed by atoms with E-state index in [1.807, 2.05) is 0 Å². The number of rotatable bonds is 3. The summed E-state index contributed by atoms with van der Waals surface area (Å²) in [6.45, 7) is 4.21. The van der Waals surface area contributed by atoms with E-state index in [0.29, 0.717) is 23.6 Å². The minimum atomic E-state index is -0.319. The molecule has 3 nitrogen and oxygen atoms in total. The van der Waals surface area contributed by atoms with E-state index >= 15 is 0 Å². The quantitative estimate of drug-likeness (QED) is 0.884. The molecule has 0 unspecified atom stereocenters. The van der Waals surface area contributed by atoms with Crippen LogP contribution >= 0.6 is 15.9 Å². The number of benzene rings is 1. The van der Waals surface area contributed by atoms with Crippen molar-refractivity contribution >= 4 is 21.7 Å². The highest BCUT2D eigenvalue weighted by atomic mass is 79.9. The Morgan fingerprint density at radius 2 is 2.29 bits per heavy atom. The van der Waals surface area contributed by atoms with Crippen LogP contribution in [0.4, 0.5) is 10.2 Å². The molecular formula is C12H11BrFN3. The van der Waals surface area contributed by atoms with Gasteiger partial charge in [-0.25, -0.2) is 9.37 Å². The first-order chi connectivity index (χ1) is 8.13. The third kappa shape index (κ3) is 2.24. The van der Waals surface area contributed by atoms with Crippen molar-refractivity contribution in [2.24, 2.45) is 0 Å². The third-order valence-corrected chi connectivity index (χ3v) is 3.08. The first kappa shape index (κ1) is 11.9. The fraction of sp³-hybridized carbons (Fsp3) is 0.0833. The van der Waals surface area contributed by atoms with Crippen LogP contribution in [0.1, 0.15) is 0 Å². The third-order valence-electron chi connectivity index (χ3n) is 2.39. The lowest BCUT2D eigenvalue weighted by molar-refractivity contribution is 0.628. The second kappa shape index (κ2) is 4.71. The SMILES string of the molecule is C=CCn1cnc(-c2cc(F)ccc2Br)c1N. The van der Waals surface area contributed by atoms with E-state index < -0.39 is 0 Å². The summed E-state index contributed by atoms with van der Waals surface area (Å²) in [7, 11) is 0. The fourth-order valence-corrected chi connectivity index (χ4v) is 2.00. The summed E-state index contributed by atoms with van der Waals surface area (Å²) in [5.41, 5.74) is 7.16. The molecule has 1 heterocycles. The fourth-order valence-electron chi connectivity index (χ4n) is 1.56. The maximum Gasteiger partial charge on any atom is 0.131 e. The number of imidazole rings is 1. The van der Waals surface area contributed by atoms with Crippen LogP contribution in [0.3, 0.4) is 0 Å². The molecular weight excluding hydrogens is 285 g/mol. The van der Waals surface area contributed by atoms with E-state index in [9.17, 15) is 4.39 Å². The second-order valence-electron chi connectivity index (χ2n) is 3.54. The highest BCUT2D eigenvalue weighted by Crippen LogP contribution is 2.31. The van der Waals surface area contributed by atoms with E-state index in [-0.39, 0.29) is 5.82 Å². The lowest BCUT2D eigenvalue weighted by atomic mass is 10.1. The first-order valence-corrected chi connectivity index (χ1v) is 5.79. The summed E-state index contributed by atoms with van der Waals surface area (Å²) >= 11 is 3.36. The Morgan fingerprint density at radius 3 is 3.00 bits per heavy atom. The number of hydrogen-bond donors (Lipinski definition) is 1. The number of nitrogens with two attached hydrogens (primary N) is 1. The van der Waals surface area contributed by atoms with Crippen LogP contribution in [0.25, 0.3) is 11.3 Å². The molecule has 88 valence electrons. The molecule has 1 aromatic carbocycles. The minimum absolute atomic E-state index is 0.319. The van der Waals surface area contributed by atoms with Gasteiger partial charge in [0.1, 0.15) is 17.3 Å². The molecule has 17 heavy (non-hydrogen) atoms. The van der Waals surface area contributed by atoms with Crippen LogP contribution in [-0.4, -0.2) is 9.55 Å². The number of halogens is 2. The predicted molar refractivity (Wildman–Crippen MR) is 69.9 cm³/mol. The van der Waals surface area contributed by atoms with Crippen molar-refractivity contribution in [1.29, 1.82) is 0 Å². The molecule has 1 aromatic heterocycles. The van der Waals surface area contributed by atoms with Gasteiger partial charge in [-0.15, -0.1) is 6.58 Å². The molecule has 0 spiro atoms. The van der Waals surface area contributed by atoms with E-state index in [2.05, 4.69) is 27.5 Å². The Labute approximate surface area is 107 Å². The molecule has 0 saturated carbocycles. The van der Waals surface area contributed by atoms with Crippen LogP contribution in [0.15, 0.2) is 41.7 Å². The molecule has 0 amide bonds. The average Bonchev–Trinajstić information content (AvgIpc) is 2.65. The largest absolute Gasteiger partial charge is 0.383 e. The molecule has 0 bridgehead atoms. The van der Waals surface area contributed by atoms with Gasteiger partial charge < -0.3 is 10.3 Å². The average molecular weight is 296 g/mol. The summed E-state index contributed by atoms with van der Waals surface area (Å²) in [6.07, 6.45) is 3.34. The molecule has 0 fully saturated rings. The summed E-state index contributed by atoms with van der Waals surface area (Å²) in [5, 5.41) is 0. The normalized spacial score (nSPS) is 10.5. The van der Waals surface area contributed by atoms with Crippen LogP contribution in [0.5, 0.6) is 0 Å². The zero-order valence-corrected chi connectivity index (χ0v) is 10.6. The van der Waals surface area contributed by atoms with E-state index in [1.165, 1.54) is 12.1 Å². The van der Waals surface area contributed by atoms with Crippen molar-refractivity contribution in [3.63, 3.8) is 0 Å². The van der Waals surface area contributed by atoms with Crippen molar-refractivity contribution in [2.75, 3.05) is 5.73 Å². The van der Waals surface area contributed by atoms with Crippen molar-refractivity contribution in [3.8, 4) is 11.3 Å². The van der Waals surface area contributed by atoms with Gasteiger partial charge in [-0.1, -0.05) is 22.0 Å². The van der Waals surface area contributed by atoms with E-state index in [4.69, 9.17) is 5.73 Å². The Morgan fingerprint density at radius 1 is 1.53 bits per heavy atom. The molecule has 0 radical (unpaired) electrons. The Kier molecular flexibility index (Phi) is 3.28. The molecule has 5 heteroatoms. The van der Waals surface area contributed by atoms with Crippen LogP contribution < -0.4 is 5.73 Å². The van der Waals surface area contributed by atoms with Crippen LogP contribution in [0, 0.1) is 5.82 Å². The van der Waals surface area contributed by atoms with Gasteiger partial charge in [0.15, 0.2) is 0 Å². The molecule has 2 N–H and O–H groups in total. The summed E-state index contributed by atoms with van der Waals surface area (Å²) in [5.74, 6) is 0.178. The molecule has 0 atom stereocenters. The van der Waals surface area contributed by atoms with Crippen LogP contribution in [-0.2, 0) is 6.54 Å². The predicted octanol–water partition coefficient (Wildman–Crippen LogP) is 3.22. The molecule has 0 saturated heterocycles. The zero-order chi connectivity index (χ0) is 12.4. The number of hydrogen-bond acceptors (Lipinski definition) is 2. The Bertz CT molecular complexity index is 563. The first-order valence-electron chi connectivity index (χ1n) is 5.00. The topological polar surface area (TPSA) is 43.8 Å². The van der Waals surface area contributed by atoms with Gasteiger partial charge in [-0.3, -0.25) is 0 Å². The number of anilines is 1. The molecule has 2 aromatic rings. The summed E-state index contributed by atoms with van der Waals surface area (Å²) in [4.78, 5) is 4.20. The second-order valence-corrected chi connectivity index (χ2v) is 4.40. The highest BCUT2D eigenvalue weighted by Gasteiger charge is 2.12. The van der Waals surface area contributed by atoms with Gasteiger partial charge >= 0.3 is 0 Å². The van der Waals surface area contributed by atoms with Gasteiger partial charge in [-0.05, 0) is 18.2 Å². The lowest BCUT2D eigenvalue weighted by Crippen LogP contribution is -2.00. The Balaban J connectivity index is 2.53. The number of nitrogen functional groups attached to an aromatic ring is 1. The van der Waals surface area contributed by atoms with E-state index in [0.717, 1.165) is 4.47 Å². The van der Waals surface area contributed by atoms with Crippen molar-refractivity contribution < 1.29 is 4.39 Å². The minimum Gasteiger partial charge on any atom is -0.383 e. The molecule has 0 aliphatic carbocycles. The maximum atomic E-state index is 13.2. The number of nitrogens with zero attached hydrogens (tertiary/aromatic N) is 2.